The maximum atomic E-state index is 12.5. The van der Waals surface area contributed by atoms with Crippen LogP contribution in [-0.2, 0) is 24.2 Å². The van der Waals surface area contributed by atoms with Gasteiger partial charge in [-0.15, -0.1) is 0 Å². The monoisotopic (exact) mass is 558 g/mol. The van der Waals surface area contributed by atoms with E-state index in [1.54, 1.807) is 18.2 Å². The first kappa shape index (κ1) is 29.3. The fraction of sp³-hybridized carbons (Fsp3) is 0.286. The number of primary amides is 1. The molecule has 0 spiro atoms. The summed E-state index contributed by atoms with van der Waals surface area (Å²) in [5.74, 6) is -0.246. The summed E-state index contributed by atoms with van der Waals surface area (Å²) in [6.45, 7) is 4.64. The maximum absolute atomic E-state index is 12.5. The first-order valence-corrected chi connectivity index (χ1v) is 12.8. The molecule has 0 saturated carbocycles. The van der Waals surface area contributed by atoms with Gasteiger partial charge in [0.1, 0.15) is 5.75 Å². The van der Waals surface area contributed by atoms with Gasteiger partial charge in [0.15, 0.2) is 0 Å². The Balaban J connectivity index is 1.54. The van der Waals surface area contributed by atoms with Crippen molar-refractivity contribution in [3.05, 3.63) is 93.0 Å². The second kappa shape index (κ2) is 13.0. The van der Waals surface area contributed by atoms with Gasteiger partial charge in [0.2, 0.25) is 5.91 Å². The van der Waals surface area contributed by atoms with Crippen LogP contribution in [0.1, 0.15) is 42.2 Å². The van der Waals surface area contributed by atoms with Crippen LogP contribution in [0.5, 0.6) is 5.75 Å². The number of benzene rings is 3. The molecule has 3 rings (SSSR count). The Labute approximate surface area is 232 Å². The zero-order chi connectivity index (χ0) is 27.9. The lowest BCUT2D eigenvalue weighted by molar-refractivity contribution is -0.120. The number of phenols is 1. The van der Waals surface area contributed by atoms with E-state index in [-0.39, 0.29) is 35.8 Å². The molecule has 3 aromatic rings. The number of aliphatic hydroxyl groups excluding tert-OH is 1. The summed E-state index contributed by atoms with van der Waals surface area (Å²) in [5, 5.41) is 30.0. The molecule has 0 radical (unpaired) electrons. The normalized spacial score (nSPS) is 12.1. The minimum Gasteiger partial charge on any atom is -0.506 e. The minimum absolute atomic E-state index is 0.104. The number of amides is 3. The number of carbonyl (C=O) groups excluding carboxylic acids is 2. The van der Waals surface area contributed by atoms with Gasteiger partial charge in [0.25, 0.3) is 0 Å². The predicted octanol–water partition coefficient (Wildman–Crippen LogP) is 4.69. The standard InChI is InChI=1S/C28H32Cl2N4O4/c1-28(2,33-16-25(36)20-7-9-24(35)23(13-20)34-27(31)38)14-18-5-3-4-17(10-18)12-26(37)32-15-19-6-8-21(29)22(30)11-19/h3-11,13,25,33,35-36H,12,14-16H2,1-2H3,(H,32,37)(H3,31,34,38). The number of aliphatic hydroxyl groups is 1. The third-order valence-electron chi connectivity index (χ3n) is 5.91. The fourth-order valence-corrected chi connectivity index (χ4v) is 4.33. The van der Waals surface area contributed by atoms with Crippen molar-refractivity contribution in [3.63, 3.8) is 0 Å². The quantitative estimate of drug-likeness (QED) is 0.189. The molecule has 0 heterocycles. The third kappa shape index (κ3) is 8.92. The van der Waals surface area contributed by atoms with E-state index in [1.165, 1.54) is 12.1 Å². The van der Waals surface area contributed by atoms with E-state index < -0.39 is 12.1 Å². The van der Waals surface area contributed by atoms with E-state index in [1.807, 2.05) is 44.2 Å². The van der Waals surface area contributed by atoms with Crippen LogP contribution in [0.15, 0.2) is 60.7 Å². The van der Waals surface area contributed by atoms with Gasteiger partial charge >= 0.3 is 6.03 Å². The molecule has 0 aromatic heterocycles. The molecule has 0 aliphatic rings. The molecule has 8 nitrogen and oxygen atoms in total. The fourth-order valence-electron chi connectivity index (χ4n) is 4.01. The summed E-state index contributed by atoms with van der Waals surface area (Å²) in [4.78, 5) is 23.6. The number of phenolic OH excluding ortho intramolecular Hbond substituents is 1. The number of aromatic hydroxyl groups is 1. The van der Waals surface area contributed by atoms with Crippen LogP contribution in [-0.4, -0.2) is 34.2 Å². The van der Waals surface area contributed by atoms with Crippen LogP contribution in [0.4, 0.5) is 10.5 Å². The van der Waals surface area contributed by atoms with E-state index in [0.29, 0.717) is 28.6 Å². The zero-order valence-electron chi connectivity index (χ0n) is 21.2. The number of anilines is 1. The number of nitrogens with one attached hydrogen (secondary N) is 3. The molecule has 0 aliphatic heterocycles. The summed E-state index contributed by atoms with van der Waals surface area (Å²) >= 11 is 12.0. The highest BCUT2D eigenvalue weighted by Gasteiger charge is 2.21. The van der Waals surface area contributed by atoms with Crippen LogP contribution in [0.2, 0.25) is 10.0 Å². The smallest absolute Gasteiger partial charge is 0.316 e. The van der Waals surface area contributed by atoms with Crippen molar-refractivity contribution < 1.29 is 19.8 Å². The van der Waals surface area contributed by atoms with E-state index in [2.05, 4.69) is 16.0 Å². The highest BCUT2D eigenvalue weighted by molar-refractivity contribution is 6.42. The molecule has 10 heteroatoms. The highest BCUT2D eigenvalue weighted by atomic mass is 35.5. The molecule has 0 saturated heterocycles. The molecule has 0 fully saturated rings. The van der Waals surface area contributed by atoms with Crippen LogP contribution < -0.4 is 21.7 Å². The van der Waals surface area contributed by atoms with Crippen LogP contribution in [0, 0.1) is 0 Å². The van der Waals surface area contributed by atoms with E-state index in [9.17, 15) is 19.8 Å². The van der Waals surface area contributed by atoms with Gasteiger partial charge in [0, 0.05) is 18.6 Å². The highest BCUT2D eigenvalue weighted by Crippen LogP contribution is 2.27. The summed E-state index contributed by atoms with van der Waals surface area (Å²) in [5.41, 5.74) is 8.20. The van der Waals surface area contributed by atoms with Crippen molar-refractivity contribution in [1.82, 2.24) is 10.6 Å². The molecular weight excluding hydrogens is 527 g/mol. The third-order valence-corrected chi connectivity index (χ3v) is 6.65. The number of rotatable bonds is 11. The van der Waals surface area contributed by atoms with E-state index in [4.69, 9.17) is 28.9 Å². The van der Waals surface area contributed by atoms with Gasteiger partial charge in [-0.05, 0) is 66.8 Å². The Morgan fingerprint density at radius 2 is 1.71 bits per heavy atom. The minimum atomic E-state index is -0.881. The van der Waals surface area contributed by atoms with Gasteiger partial charge in [-0.1, -0.05) is 59.6 Å². The molecule has 3 amide bonds. The lowest BCUT2D eigenvalue weighted by Gasteiger charge is -2.28. The first-order chi connectivity index (χ1) is 17.9. The Hall–Kier alpha value is -3.30. The van der Waals surface area contributed by atoms with Gasteiger partial charge < -0.3 is 31.9 Å². The molecule has 1 unspecified atom stereocenters. The molecule has 1 atom stereocenters. The maximum Gasteiger partial charge on any atom is 0.316 e. The summed E-state index contributed by atoms with van der Waals surface area (Å²) < 4.78 is 0. The summed E-state index contributed by atoms with van der Waals surface area (Å²) in [6, 6.07) is 16.7. The lowest BCUT2D eigenvalue weighted by Crippen LogP contribution is -2.43. The van der Waals surface area contributed by atoms with Crippen LogP contribution >= 0.6 is 23.2 Å². The van der Waals surface area contributed by atoms with Crippen molar-refractivity contribution in [2.75, 3.05) is 11.9 Å². The topological polar surface area (TPSA) is 137 Å². The van der Waals surface area contributed by atoms with Crippen molar-refractivity contribution >= 4 is 40.8 Å². The molecule has 202 valence electrons. The number of hydrogen-bond donors (Lipinski definition) is 6. The van der Waals surface area contributed by atoms with Crippen LogP contribution in [0.3, 0.4) is 0 Å². The Bertz CT molecular complexity index is 1300. The van der Waals surface area contributed by atoms with Gasteiger partial charge in [0.05, 0.1) is 28.3 Å². The van der Waals surface area contributed by atoms with Gasteiger partial charge in [-0.3, -0.25) is 4.79 Å². The number of hydrogen-bond acceptors (Lipinski definition) is 5. The van der Waals surface area contributed by atoms with E-state index >= 15 is 0 Å². The van der Waals surface area contributed by atoms with Gasteiger partial charge in [-0.2, -0.15) is 0 Å². The molecule has 38 heavy (non-hydrogen) atoms. The van der Waals surface area contributed by atoms with Crippen molar-refractivity contribution in [1.29, 1.82) is 0 Å². The van der Waals surface area contributed by atoms with Gasteiger partial charge in [-0.25, -0.2) is 4.79 Å². The van der Waals surface area contributed by atoms with Crippen molar-refractivity contribution in [2.24, 2.45) is 5.73 Å². The molecule has 0 bridgehead atoms. The second-order valence-corrected chi connectivity index (χ2v) is 10.6. The van der Waals surface area contributed by atoms with E-state index in [0.717, 1.165) is 16.7 Å². The zero-order valence-corrected chi connectivity index (χ0v) is 22.7. The number of urea groups is 1. The first-order valence-electron chi connectivity index (χ1n) is 12.0. The van der Waals surface area contributed by atoms with Crippen molar-refractivity contribution in [2.45, 2.75) is 44.9 Å². The Morgan fingerprint density at radius 3 is 2.42 bits per heavy atom. The summed E-state index contributed by atoms with van der Waals surface area (Å²) in [6.07, 6.45) is 0.0149. The van der Waals surface area contributed by atoms with Crippen LogP contribution in [0.25, 0.3) is 0 Å². The second-order valence-electron chi connectivity index (χ2n) is 9.75. The average molecular weight is 559 g/mol. The van der Waals surface area contributed by atoms with Crippen molar-refractivity contribution in [3.8, 4) is 5.75 Å². The predicted molar refractivity (Wildman–Crippen MR) is 151 cm³/mol. The number of halogens is 2. The Morgan fingerprint density at radius 1 is 0.974 bits per heavy atom. The Kier molecular flexibility index (Phi) is 9.99. The molecular formula is C28H32Cl2N4O4. The molecule has 0 aliphatic carbocycles. The molecule has 7 N–H and O–H groups in total. The number of β-amino-alcohol motifs (C(OH)–C–C–N with tert-alkyl or cyclic N) is 1. The largest absolute Gasteiger partial charge is 0.506 e. The number of carbonyl (C=O) groups is 2. The molecule has 3 aromatic carbocycles. The number of nitrogens with two attached hydrogens (primary N) is 1. The SMILES string of the molecule is CC(C)(Cc1cccc(CC(=O)NCc2ccc(Cl)c(Cl)c2)c1)NCC(O)c1ccc(O)c(NC(N)=O)c1. The summed E-state index contributed by atoms with van der Waals surface area (Å²) in [7, 11) is 0. The average Bonchev–Trinajstić information content (AvgIpc) is 2.84. The lowest BCUT2D eigenvalue weighted by atomic mass is 9.93.